The Morgan fingerprint density at radius 1 is 0.966 bits per heavy atom. The van der Waals surface area contributed by atoms with Crippen LogP contribution in [-0.2, 0) is 0 Å². The highest BCUT2D eigenvalue weighted by Gasteiger charge is 2.32. The number of aliphatic imine (C=N–C) groups is 1. The molecule has 154 valence electrons. The van der Waals surface area contributed by atoms with Crippen molar-refractivity contribution in [1.29, 1.82) is 0 Å². The molecule has 0 unspecified atom stereocenters. The Morgan fingerprint density at radius 2 is 1.72 bits per heavy atom. The molecule has 1 aliphatic heterocycles. The van der Waals surface area contributed by atoms with Crippen LogP contribution in [0.2, 0.25) is 0 Å². The second-order valence-corrected chi connectivity index (χ2v) is 7.97. The molecular weight excluding hydrogens is 364 g/mol. The van der Waals surface area contributed by atoms with Crippen LogP contribution in [0.4, 0.5) is 0 Å². The van der Waals surface area contributed by atoms with E-state index in [2.05, 4.69) is 5.32 Å². The van der Waals surface area contributed by atoms with E-state index in [1.165, 1.54) is 32.1 Å². The highest BCUT2D eigenvalue weighted by atomic mass is 16.5. The minimum absolute atomic E-state index is 0.0312. The second kappa shape index (κ2) is 8.87. The number of ether oxygens (including phenoxy) is 2. The number of rotatable bonds is 5. The number of benzene rings is 2. The number of phenolic OH excluding ortho intramolecular Hbond substituents is 1. The van der Waals surface area contributed by atoms with E-state index in [0.717, 1.165) is 23.3 Å². The summed E-state index contributed by atoms with van der Waals surface area (Å²) < 4.78 is 10.9. The maximum absolute atomic E-state index is 10.5. The van der Waals surface area contributed by atoms with E-state index in [1.54, 1.807) is 20.3 Å². The Morgan fingerprint density at radius 3 is 2.45 bits per heavy atom. The highest BCUT2D eigenvalue weighted by molar-refractivity contribution is 6.02. The summed E-state index contributed by atoms with van der Waals surface area (Å²) in [4.78, 5) is 5.14. The molecule has 2 atom stereocenters. The number of hydrogen-bond acceptors (Lipinski definition) is 5. The normalized spacial score (nSPS) is 22.8. The molecule has 0 bridgehead atoms. The van der Waals surface area contributed by atoms with Gasteiger partial charge in [-0.05, 0) is 48.6 Å². The van der Waals surface area contributed by atoms with Gasteiger partial charge in [0.25, 0.3) is 0 Å². The molecule has 2 aromatic rings. The van der Waals surface area contributed by atoms with Crippen molar-refractivity contribution in [3.8, 4) is 17.2 Å². The third-order valence-corrected chi connectivity index (χ3v) is 6.19. The molecule has 2 N–H and O–H groups in total. The van der Waals surface area contributed by atoms with Crippen molar-refractivity contribution in [2.24, 2.45) is 10.9 Å². The maximum Gasteiger partial charge on any atom is 0.161 e. The summed E-state index contributed by atoms with van der Waals surface area (Å²) in [5.41, 5.74) is 3.03. The van der Waals surface area contributed by atoms with Crippen LogP contribution in [0.1, 0.15) is 55.7 Å². The summed E-state index contributed by atoms with van der Waals surface area (Å²) in [7, 11) is 3.30. The van der Waals surface area contributed by atoms with Crippen molar-refractivity contribution in [3.05, 3.63) is 53.6 Å². The number of phenols is 1. The Labute approximate surface area is 172 Å². The monoisotopic (exact) mass is 394 g/mol. The third kappa shape index (κ3) is 4.25. The molecule has 5 heteroatoms. The van der Waals surface area contributed by atoms with Crippen LogP contribution in [0.3, 0.4) is 0 Å². The summed E-state index contributed by atoms with van der Waals surface area (Å²) in [6, 6.07) is 13.6. The van der Waals surface area contributed by atoms with Crippen LogP contribution in [0.25, 0.3) is 0 Å². The van der Waals surface area contributed by atoms with Gasteiger partial charge < -0.3 is 14.6 Å². The van der Waals surface area contributed by atoms with Crippen LogP contribution in [0.15, 0.2) is 47.5 Å². The van der Waals surface area contributed by atoms with Crippen molar-refractivity contribution >= 4 is 5.71 Å². The number of para-hydroxylation sites is 1. The largest absolute Gasteiger partial charge is 0.508 e. The lowest BCUT2D eigenvalue weighted by Gasteiger charge is -2.36. The zero-order valence-corrected chi connectivity index (χ0v) is 17.2. The molecule has 1 fully saturated rings. The summed E-state index contributed by atoms with van der Waals surface area (Å²) >= 11 is 0. The van der Waals surface area contributed by atoms with Crippen molar-refractivity contribution < 1.29 is 14.6 Å². The maximum atomic E-state index is 10.5. The molecule has 2 aliphatic rings. The number of nitrogens with one attached hydrogen (secondary N) is 1. The quantitative estimate of drug-likeness (QED) is 0.762. The van der Waals surface area contributed by atoms with E-state index in [1.807, 2.05) is 36.4 Å². The molecule has 29 heavy (non-hydrogen) atoms. The first-order valence-electron chi connectivity index (χ1n) is 10.5. The molecule has 0 aromatic heterocycles. The van der Waals surface area contributed by atoms with Gasteiger partial charge in [0.1, 0.15) is 11.9 Å². The van der Waals surface area contributed by atoms with Gasteiger partial charge in [-0.2, -0.15) is 0 Å². The van der Waals surface area contributed by atoms with Gasteiger partial charge >= 0.3 is 0 Å². The van der Waals surface area contributed by atoms with Gasteiger partial charge in [0.2, 0.25) is 0 Å². The molecule has 0 saturated heterocycles. The van der Waals surface area contributed by atoms with E-state index in [4.69, 9.17) is 14.5 Å². The topological polar surface area (TPSA) is 63.1 Å². The first-order chi connectivity index (χ1) is 14.2. The Hall–Kier alpha value is -2.53. The minimum Gasteiger partial charge on any atom is -0.508 e. The smallest absolute Gasteiger partial charge is 0.161 e. The van der Waals surface area contributed by atoms with Crippen molar-refractivity contribution in [2.75, 3.05) is 14.2 Å². The van der Waals surface area contributed by atoms with Gasteiger partial charge in [0, 0.05) is 23.7 Å². The number of aromatic hydroxyl groups is 1. The van der Waals surface area contributed by atoms with E-state index in [-0.39, 0.29) is 12.2 Å². The molecule has 1 aliphatic carbocycles. The zero-order valence-electron chi connectivity index (χ0n) is 17.2. The average molecular weight is 395 g/mol. The van der Waals surface area contributed by atoms with Crippen LogP contribution in [0, 0.1) is 5.92 Å². The van der Waals surface area contributed by atoms with Gasteiger partial charge in [0.05, 0.1) is 14.2 Å². The van der Waals surface area contributed by atoms with Crippen LogP contribution >= 0.6 is 0 Å². The average Bonchev–Trinajstić information content (AvgIpc) is 2.79. The van der Waals surface area contributed by atoms with Crippen LogP contribution < -0.4 is 14.8 Å². The molecular formula is C24H30N2O3. The molecule has 0 amide bonds. The fourth-order valence-electron chi connectivity index (χ4n) is 4.60. The minimum atomic E-state index is 0.0312. The highest BCUT2D eigenvalue weighted by Crippen LogP contribution is 2.36. The van der Waals surface area contributed by atoms with E-state index in [0.29, 0.717) is 23.2 Å². The first-order valence-corrected chi connectivity index (χ1v) is 10.5. The van der Waals surface area contributed by atoms with Crippen molar-refractivity contribution in [3.63, 3.8) is 0 Å². The summed E-state index contributed by atoms with van der Waals surface area (Å²) in [5, 5.41) is 14.2. The molecule has 2 aromatic carbocycles. The number of hydrogen-bond donors (Lipinski definition) is 2. The lowest BCUT2D eigenvalue weighted by molar-refractivity contribution is 0.249. The second-order valence-electron chi connectivity index (χ2n) is 7.97. The van der Waals surface area contributed by atoms with Gasteiger partial charge in [-0.15, -0.1) is 0 Å². The summed E-state index contributed by atoms with van der Waals surface area (Å²) in [5.74, 6) is 2.29. The van der Waals surface area contributed by atoms with E-state index >= 15 is 0 Å². The van der Waals surface area contributed by atoms with Gasteiger partial charge in [-0.3, -0.25) is 10.3 Å². The fraction of sp³-hybridized carbons (Fsp3) is 0.458. The molecule has 5 nitrogen and oxygen atoms in total. The van der Waals surface area contributed by atoms with Gasteiger partial charge in [-0.25, -0.2) is 0 Å². The Kier molecular flexibility index (Phi) is 6.05. The predicted molar refractivity (Wildman–Crippen MR) is 115 cm³/mol. The summed E-state index contributed by atoms with van der Waals surface area (Å²) in [6.45, 7) is 0. The lowest BCUT2D eigenvalue weighted by atomic mass is 9.84. The van der Waals surface area contributed by atoms with Gasteiger partial charge in [-0.1, -0.05) is 37.5 Å². The van der Waals surface area contributed by atoms with Gasteiger partial charge in [0.15, 0.2) is 11.5 Å². The molecule has 1 saturated carbocycles. The van der Waals surface area contributed by atoms with Crippen LogP contribution in [0.5, 0.6) is 17.2 Å². The third-order valence-electron chi connectivity index (χ3n) is 6.19. The lowest BCUT2D eigenvalue weighted by Crippen LogP contribution is -2.43. The first kappa shape index (κ1) is 19.8. The molecule has 0 spiro atoms. The number of methoxy groups -OCH3 is 2. The molecule has 4 rings (SSSR count). The van der Waals surface area contributed by atoms with E-state index < -0.39 is 0 Å². The predicted octanol–water partition coefficient (Wildman–Crippen LogP) is 4.84. The van der Waals surface area contributed by atoms with Crippen molar-refractivity contribution in [1.82, 2.24) is 5.32 Å². The summed E-state index contributed by atoms with van der Waals surface area (Å²) in [6.07, 6.45) is 7.05. The number of nitrogens with zero attached hydrogens (tertiary/aromatic N) is 1. The SMILES string of the molecule is COc1ccc(C2=N[C@H](C3CCCCC3)N[C@@H](c3ccccc3O)C2)cc1OC. The Balaban J connectivity index is 1.70. The molecule has 1 heterocycles. The zero-order chi connectivity index (χ0) is 20.2. The van der Waals surface area contributed by atoms with E-state index in [9.17, 15) is 5.11 Å². The van der Waals surface area contributed by atoms with Crippen molar-refractivity contribution in [2.45, 2.75) is 50.7 Å². The van der Waals surface area contributed by atoms with Crippen LogP contribution in [-0.4, -0.2) is 31.2 Å². The fourth-order valence-corrected chi connectivity index (χ4v) is 4.60. The molecule has 0 radical (unpaired) electrons. The standard InChI is InChI=1S/C24H30N2O3/c1-28-22-13-12-17(14-23(22)29-2)19-15-20(18-10-6-7-11-21(18)27)26-24(25-19)16-8-4-3-5-9-16/h6-7,10-14,16,20,24,26-27H,3-5,8-9,15H2,1-2H3/t20-,24+/m1/s1. The Bertz CT molecular complexity index is 874.